The third-order valence-corrected chi connectivity index (χ3v) is 3.43. The number of phenols is 1. The molecule has 2 N–H and O–H groups in total. The molecule has 0 heterocycles. The second-order valence-corrected chi connectivity index (χ2v) is 5.38. The highest BCUT2D eigenvalue weighted by atomic mass is 16.5. The van der Waals surface area contributed by atoms with Crippen LogP contribution < -0.4 is 5.32 Å². The molecule has 0 spiro atoms. The van der Waals surface area contributed by atoms with E-state index in [0.717, 1.165) is 5.56 Å². The van der Waals surface area contributed by atoms with E-state index in [-0.39, 0.29) is 44.1 Å². The Labute approximate surface area is 147 Å². The largest absolute Gasteiger partial charge is 0.508 e. The van der Waals surface area contributed by atoms with Crippen LogP contribution >= 0.6 is 0 Å². The van der Waals surface area contributed by atoms with E-state index in [0.29, 0.717) is 6.42 Å². The molecule has 0 saturated carbocycles. The quantitative estimate of drug-likeness (QED) is 0.622. The van der Waals surface area contributed by atoms with Crippen LogP contribution in [0.15, 0.2) is 24.3 Å². The lowest BCUT2D eigenvalue weighted by Crippen LogP contribution is -2.42. The van der Waals surface area contributed by atoms with Gasteiger partial charge in [-0.2, -0.15) is 0 Å². The van der Waals surface area contributed by atoms with E-state index < -0.39 is 18.0 Å². The van der Waals surface area contributed by atoms with Gasteiger partial charge >= 0.3 is 11.9 Å². The van der Waals surface area contributed by atoms with Crippen LogP contribution in [-0.4, -0.2) is 42.2 Å². The van der Waals surface area contributed by atoms with Crippen molar-refractivity contribution in [1.29, 1.82) is 0 Å². The molecular formula is C18H25NO6. The van der Waals surface area contributed by atoms with Gasteiger partial charge in [-0.3, -0.25) is 9.59 Å². The van der Waals surface area contributed by atoms with Crippen LogP contribution in [0.5, 0.6) is 5.75 Å². The highest BCUT2D eigenvalue weighted by molar-refractivity contribution is 5.85. The predicted octanol–water partition coefficient (Wildman–Crippen LogP) is 1.72. The summed E-state index contributed by atoms with van der Waals surface area (Å²) in [6.45, 7) is 3.83. The lowest BCUT2D eigenvalue weighted by molar-refractivity contribution is -0.148. The smallest absolute Gasteiger partial charge is 0.328 e. The molecule has 1 amide bonds. The number of benzene rings is 1. The van der Waals surface area contributed by atoms with Crippen LogP contribution in [0.1, 0.15) is 38.7 Å². The third-order valence-electron chi connectivity index (χ3n) is 3.43. The van der Waals surface area contributed by atoms with Crippen molar-refractivity contribution < 1.29 is 29.0 Å². The maximum Gasteiger partial charge on any atom is 0.328 e. The number of rotatable bonds is 10. The summed E-state index contributed by atoms with van der Waals surface area (Å²) in [5, 5.41) is 11.8. The molecule has 0 radical (unpaired) electrons. The topological polar surface area (TPSA) is 102 Å². The highest BCUT2D eigenvalue weighted by Crippen LogP contribution is 2.11. The summed E-state index contributed by atoms with van der Waals surface area (Å²) >= 11 is 0. The molecule has 1 rings (SSSR count). The van der Waals surface area contributed by atoms with Crippen molar-refractivity contribution in [1.82, 2.24) is 5.32 Å². The van der Waals surface area contributed by atoms with Crippen LogP contribution in [0.3, 0.4) is 0 Å². The summed E-state index contributed by atoms with van der Waals surface area (Å²) in [6, 6.07) is 5.68. The number of carbonyl (C=O) groups is 3. The van der Waals surface area contributed by atoms with Crippen LogP contribution in [0, 0.1) is 0 Å². The number of aromatic hydroxyl groups is 1. The Kier molecular flexibility index (Phi) is 9.06. The zero-order valence-corrected chi connectivity index (χ0v) is 14.6. The molecule has 7 nitrogen and oxygen atoms in total. The summed E-state index contributed by atoms with van der Waals surface area (Å²) in [5.41, 5.74) is 0.896. The van der Waals surface area contributed by atoms with E-state index in [1.165, 1.54) is 0 Å². The summed E-state index contributed by atoms with van der Waals surface area (Å²) in [5.74, 6) is -1.13. The lowest BCUT2D eigenvalue weighted by atomic mass is 10.1. The molecule has 0 bridgehead atoms. The third kappa shape index (κ3) is 8.19. The monoisotopic (exact) mass is 351 g/mol. The number of phenolic OH excluding ortho intramolecular Hbond substituents is 1. The van der Waals surface area contributed by atoms with Gasteiger partial charge in [-0.1, -0.05) is 12.1 Å². The number of hydrogen-bond donors (Lipinski definition) is 2. The van der Waals surface area contributed by atoms with Gasteiger partial charge in [0, 0.05) is 12.8 Å². The zero-order valence-electron chi connectivity index (χ0n) is 14.6. The van der Waals surface area contributed by atoms with Gasteiger partial charge in [0.1, 0.15) is 11.8 Å². The van der Waals surface area contributed by atoms with E-state index in [1.54, 1.807) is 38.1 Å². The van der Waals surface area contributed by atoms with Gasteiger partial charge < -0.3 is 19.9 Å². The highest BCUT2D eigenvalue weighted by Gasteiger charge is 2.23. The first-order valence-electron chi connectivity index (χ1n) is 8.35. The van der Waals surface area contributed by atoms with E-state index in [4.69, 9.17) is 9.47 Å². The molecule has 138 valence electrons. The first kappa shape index (κ1) is 20.5. The molecule has 1 unspecified atom stereocenters. The fraction of sp³-hybridized carbons (Fsp3) is 0.500. The van der Waals surface area contributed by atoms with Crippen LogP contribution in [0.4, 0.5) is 0 Å². The van der Waals surface area contributed by atoms with Gasteiger partial charge in [-0.25, -0.2) is 4.79 Å². The van der Waals surface area contributed by atoms with Crippen molar-refractivity contribution in [2.45, 2.75) is 45.6 Å². The standard InChI is InChI=1S/C18H25NO6/c1-3-24-17(22)12-10-15(18(23)25-4-2)19-16(21)11-7-13-5-8-14(20)9-6-13/h5-6,8-9,15,20H,3-4,7,10-12H2,1-2H3,(H,19,21). The Bertz CT molecular complexity index is 569. The van der Waals surface area contributed by atoms with E-state index in [2.05, 4.69) is 5.32 Å². The minimum atomic E-state index is -0.878. The minimum absolute atomic E-state index is 0.0234. The Balaban J connectivity index is 2.53. The Morgan fingerprint density at radius 3 is 2.28 bits per heavy atom. The number of hydrogen-bond acceptors (Lipinski definition) is 6. The fourth-order valence-electron chi connectivity index (χ4n) is 2.17. The number of carbonyl (C=O) groups excluding carboxylic acids is 3. The molecule has 0 fully saturated rings. The number of esters is 2. The molecule has 25 heavy (non-hydrogen) atoms. The van der Waals surface area contributed by atoms with Gasteiger partial charge in [0.15, 0.2) is 0 Å². The van der Waals surface area contributed by atoms with Crippen molar-refractivity contribution in [2.75, 3.05) is 13.2 Å². The Morgan fingerprint density at radius 2 is 1.68 bits per heavy atom. The van der Waals surface area contributed by atoms with Crippen LogP contribution in [0.2, 0.25) is 0 Å². The van der Waals surface area contributed by atoms with E-state index in [1.807, 2.05) is 0 Å². The van der Waals surface area contributed by atoms with Gasteiger partial charge in [0.25, 0.3) is 0 Å². The second kappa shape index (κ2) is 11.1. The number of ether oxygens (including phenoxy) is 2. The van der Waals surface area contributed by atoms with Gasteiger partial charge in [0.2, 0.25) is 5.91 Å². The average Bonchev–Trinajstić information content (AvgIpc) is 2.58. The van der Waals surface area contributed by atoms with Crippen LogP contribution in [0.25, 0.3) is 0 Å². The lowest BCUT2D eigenvalue weighted by Gasteiger charge is -2.17. The molecule has 0 aromatic heterocycles. The summed E-state index contributed by atoms with van der Waals surface area (Å²) in [7, 11) is 0. The fourth-order valence-corrected chi connectivity index (χ4v) is 2.17. The van der Waals surface area contributed by atoms with Gasteiger partial charge in [-0.05, 0) is 44.4 Å². The number of amides is 1. The molecule has 0 aliphatic heterocycles. The van der Waals surface area contributed by atoms with Crippen molar-refractivity contribution in [3.63, 3.8) is 0 Å². The maximum atomic E-state index is 12.1. The summed E-state index contributed by atoms with van der Waals surface area (Å²) in [6.07, 6.45) is 0.803. The van der Waals surface area contributed by atoms with Crippen molar-refractivity contribution >= 4 is 17.8 Å². The second-order valence-electron chi connectivity index (χ2n) is 5.38. The normalized spacial score (nSPS) is 11.4. The summed E-state index contributed by atoms with van der Waals surface area (Å²) in [4.78, 5) is 35.5. The Hall–Kier alpha value is -2.57. The molecule has 1 aromatic rings. The maximum absolute atomic E-state index is 12.1. The van der Waals surface area contributed by atoms with E-state index in [9.17, 15) is 19.5 Å². The number of aryl methyl sites for hydroxylation is 1. The predicted molar refractivity (Wildman–Crippen MR) is 90.9 cm³/mol. The molecule has 7 heteroatoms. The molecule has 0 saturated heterocycles. The molecular weight excluding hydrogens is 326 g/mol. The first-order valence-corrected chi connectivity index (χ1v) is 8.35. The SMILES string of the molecule is CCOC(=O)CCC(NC(=O)CCc1ccc(O)cc1)C(=O)OCC. The minimum Gasteiger partial charge on any atom is -0.508 e. The number of nitrogens with one attached hydrogen (secondary N) is 1. The van der Waals surface area contributed by atoms with Crippen molar-refractivity contribution in [2.24, 2.45) is 0 Å². The van der Waals surface area contributed by atoms with Gasteiger partial charge in [-0.15, -0.1) is 0 Å². The van der Waals surface area contributed by atoms with Gasteiger partial charge in [0.05, 0.1) is 13.2 Å². The van der Waals surface area contributed by atoms with Crippen molar-refractivity contribution in [3.8, 4) is 5.75 Å². The summed E-state index contributed by atoms with van der Waals surface area (Å²) < 4.78 is 9.77. The first-order chi connectivity index (χ1) is 12.0. The Morgan fingerprint density at radius 1 is 1.04 bits per heavy atom. The average molecular weight is 351 g/mol. The van der Waals surface area contributed by atoms with E-state index >= 15 is 0 Å². The zero-order chi connectivity index (χ0) is 18.7. The van der Waals surface area contributed by atoms with Crippen molar-refractivity contribution in [3.05, 3.63) is 29.8 Å². The molecule has 1 atom stereocenters. The molecule has 1 aromatic carbocycles. The molecule has 0 aliphatic rings. The molecule has 0 aliphatic carbocycles. The van der Waals surface area contributed by atoms with Crippen LogP contribution in [-0.2, 0) is 30.3 Å².